The summed E-state index contributed by atoms with van der Waals surface area (Å²) in [6.07, 6.45) is -3.38. The molecule has 1 aromatic carbocycles. The van der Waals surface area contributed by atoms with Crippen molar-refractivity contribution in [3.8, 4) is 17.5 Å². The zero-order valence-electron chi connectivity index (χ0n) is 15.0. The predicted molar refractivity (Wildman–Crippen MR) is 99.0 cm³/mol. The number of nitriles is 1. The Balaban J connectivity index is 1.94. The van der Waals surface area contributed by atoms with Gasteiger partial charge in [0.05, 0.1) is 30.1 Å². The molecule has 0 fully saturated rings. The summed E-state index contributed by atoms with van der Waals surface area (Å²) in [5.74, 6) is -0.0648. The number of halogens is 3. The maximum absolute atomic E-state index is 13.5. The fraction of sp³-hybridized carbons (Fsp3) is 0.150. The summed E-state index contributed by atoms with van der Waals surface area (Å²) in [6.45, 7) is 0. The number of rotatable bonds is 5. The number of alkyl halides is 3. The van der Waals surface area contributed by atoms with Gasteiger partial charge in [0.1, 0.15) is 16.8 Å². The molecule has 0 aliphatic heterocycles. The van der Waals surface area contributed by atoms with Crippen LogP contribution in [0.3, 0.4) is 0 Å². The molecule has 0 bridgehead atoms. The maximum Gasteiger partial charge on any atom is 0.417 e. The minimum atomic E-state index is -4.72. The lowest BCUT2D eigenvalue weighted by Crippen LogP contribution is -2.10. The third-order valence-electron chi connectivity index (χ3n) is 3.93. The van der Waals surface area contributed by atoms with E-state index in [2.05, 4.69) is 9.72 Å². The van der Waals surface area contributed by atoms with E-state index in [0.29, 0.717) is 5.56 Å². The number of nitrogens with zero attached hydrogens (tertiary/aromatic N) is 2. The van der Waals surface area contributed by atoms with Gasteiger partial charge in [-0.25, -0.2) is 9.78 Å². The van der Waals surface area contributed by atoms with Gasteiger partial charge >= 0.3 is 12.1 Å². The molecule has 0 saturated carbocycles. The van der Waals surface area contributed by atoms with E-state index in [1.165, 1.54) is 25.5 Å². The molecule has 29 heavy (non-hydrogen) atoms. The Bertz CT molecular complexity index is 1060. The molecule has 2 heterocycles. The van der Waals surface area contributed by atoms with Gasteiger partial charge in [0, 0.05) is 5.75 Å². The van der Waals surface area contributed by atoms with Crippen molar-refractivity contribution in [3.63, 3.8) is 0 Å². The molecule has 0 amide bonds. The summed E-state index contributed by atoms with van der Waals surface area (Å²) in [4.78, 5) is 15.7. The molecule has 0 unspecified atom stereocenters. The molecule has 3 rings (SSSR count). The normalized spacial score (nSPS) is 11.1. The zero-order valence-corrected chi connectivity index (χ0v) is 15.8. The Morgan fingerprint density at radius 2 is 2.00 bits per heavy atom. The second kappa shape index (κ2) is 8.41. The second-order valence-corrected chi connectivity index (χ2v) is 6.76. The first kappa shape index (κ1) is 20.5. The number of carbonyl (C=O) groups excluding carboxylic acids is 1. The average Bonchev–Trinajstić information content (AvgIpc) is 3.25. The Morgan fingerprint density at radius 3 is 2.55 bits per heavy atom. The predicted octanol–water partition coefficient (Wildman–Crippen LogP) is 5.31. The SMILES string of the molecule is COC(=O)c1ccc(CSc2nc(-c3ccco3)cc(C(F)(F)F)c2C#N)cc1. The smallest absolute Gasteiger partial charge is 0.417 e. The van der Waals surface area contributed by atoms with Gasteiger partial charge in [0.2, 0.25) is 0 Å². The number of ether oxygens (including phenoxy) is 1. The number of pyridine rings is 1. The number of esters is 1. The minimum Gasteiger partial charge on any atom is -0.465 e. The summed E-state index contributed by atoms with van der Waals surface area (Å²) in [6, 6.07) is 11.9. The number of furan rings is 1. The van der Waals surface area contributed by atoms with Crippen molar-refractivity contribution < 1.29 is 27.1 Å². The number of methoxy groups -OCH3 is 1. The van der Waals surface area contributed by atoms with Crippen LogP contribution in [0.1, 0.15) is 27.0 Å². The van der Waals surface area contributed by atoms with Crippen LogP contribution in [-0.2, 0) is 16.7 Å². The molecular weight excluding hydrogens is 405 g/mol. The van der Waals surface area contributed by atoms with Gasteiger partial charge in [-0.3, -0.25) is 0 Å². The lowest BCUT2D eigenvalue weighted by Gasteiger charge is -2.13. The average molecular weight is 418 g/mol. The van der Waals surface area contributed by atoms with Crippen LogP contribution < -0.4 is 0 Å². The highest BCUT2D eigenvalue weighted by molar-refractivity contribution is 7.98. The first-order chi connectivity index (χ1) is 13.8. The Morgan fingerprint density at radius 1 is 1.28 bits per heavy atom. The highest BCUT2D eigenvalue weighted by atomic mass is 32.2. The number of benzene rings is 1. The van der Waals surface area contributed by atoms with Crippen LogP contribution in [0.4, 0.5) is 13.2 Å². The number of carbonyl (C=O) groups is 1. The monoisotopic (exact) mass is 418 g/mol. The molecule has 0 radical (unpaired) electrons. The van der Waals surface area contributed by atoms with Crippen LogP contribution in [0.5, 0.6) is 0 Å². The van der Waals surface area contributed by atoms with Gasteiger partial charge in [0.15, 0.2) is 5.76 Å². The summed E-state index contributed by atoms with van der Waals surface area (Å²) in [5.41, 5.74) is -0.514. The largest absolute Gasteiger partial charge is 0.465 e. The van der Waals surface area contributed by atoms with Crippen molar-refractivity contribution in [3.05, 3.63) is 71.0 Å². The van der Waals surface area contributed by atoms with Crippen molar-refractivity contribution in [2.75, 3.05) is 7.11 Å². The minimum absolute atomic E-state index is 0.00939. The van der Waals surface area contributed by atoms with Crippen molar-refractivity contribution >= 4 is 17.7 Å². The first-order valence-electron chi connectivity index (χ1n) is 8.19. The van der Waals surface area contributed by atoms with Crippen molar-refractivity contribution in [1.82, 2.24) is 4.98 Å². The summed E-state index contributed by atoms with van der Waals surface area (Å²) < 4.78 is 50.3. The standard InChI is InChI=1S/C20H13F3N2O3S/c1-27-19(26)13-6-4-12(5-7-13)11-29-18-14(10-24)15(20(21,22)23)9-16(25-18)17-3-2-8-28-17/h2-9H,11H2,1H3. The zero-order chi connectivity index (χ0) is 21.0. The fourth-order valence-electron chi connectivity index (χ4n) is 2.51. The van der Waals surface area contributed by atoms with Gasteiger partial charge in [-0.2, -0.15) is 18.4 Å². The van der Waals surface area contributed by atoms with Crippen molar-refractivity contribution in [2.24, 2.45) is 0 Å². The van der Waals surface area contributed by atoms with Crippen LogP contribution in [0, 0.1) is 11.3 Å². The van der Waals surface area contributed by atoms with Gasteiger partial charge in [-0.1, -0.05) is 12.1 Å². The molecule has 0 aliphatic rings. The third-order valence-corrected chi connectivity index (χ3v) is 4.97. The molecule has 0 aliphatic carbocycles. The van der Waals surface area contributed by atoms with E-state index in [1.54, 1.807) is 30.3 Å². The van der Waals surface area contributed by atoms with Gasteiger partial charge in [0.25, 0.3) is 0 Å². The number of hydrogen-bond donors (Lipinski definition) is 0. The van der Waals surface area contributed by atoms with Gasteiger partial charge in [-0.15, -0.1) is 11.8 Å². The van der Waals surface area contributed by atoms with Crippen molar-refractivity contribution in [1.29, 1.82) is 5.26 Å². The Hall–Kier alpha value is -3.25. The molecule has 0 atom stereocenters. The van der Waals surface area contributed by atoms with Crippen LogP contribution in [0.2, 0.25) is 0 Å². The fourth-order valence-corrected chi connectivity index (χ4v) is 3.47. The molecule has 2 aromatic heterocycles. The Kier molecular flexibility index (Phi) is 5.94. The van der Waals surface area contributed by atoms with E-state index in [1.807, 2.05) is 0 Å². The molecule has 0 spiro atoms. The van der Waals surface area contributed by atoms with Crippen LogP contribution in [0.25, 0.3) is 11.5 Å². The third kappa shape index (κ3) is 4.60. The maximum atomic E-state index is 13.5. The molecule has 0 N–H and O–H groups in total. The molecule has 0 saturated heterocycles. The van der Waals surface area contributed by atoms with E-state index in [0.717, 1.165) is 23.4 Å². The first-order valence-corrected chi connectivity index (χ1v) is 9.18. The van der Waals surface area contributed by atoms with Crippen LogP contribution >= 0.6 is 11.8 Å². The van der Waals surface area contributed by atoms with Crippen LogP contribution in [-0.4, -0.2) is 18.1 Å². The lowest BCUT2D eigenvalue weighted by atomic mass is 10.1. The number of hydrogen-bond acceptors (Lipinski definition) is 6. The van der Waals surface area contributed by atoms with Crippen LogP contribution in [0.15, 0.2) is 58.2 Å². The van der Waals surface area contributed by atoms with E-state index in [4.69, 9.17) is 4.42 Å². The number of aromatic nitrogens is 1. The number of thioether (sulfide) groups is 1. The summed E-state index contributed by atoms with van der Waals surface area (Å²) in [7, 11) is 1.27. The second-order valence-electron chi connectivity index (χ2n) is 5.80. The topological polar surface area (TPSA) is 76.1 Å². The summed E-state index contributed by atoms with van der Waals surface area (Å²) in [5, 5.41) is 9.28. The Labute approximate surface area is 168 Å². The van der Waals surface area contributed by atoms with Crippen molar-refractivity contribution in [2.45, 2.75) is 17.0 Å². The van der Waals surface area contributed by atoms with Gasteiger partial charge < -0.3 is 9.15 Å². The van der Waals surface area contributed by atoms with E-state index >= 15 is 0 Å². The highest BCUT2D eigenvalue weighted by Gasteiger charge is 2.36. The van der Waals surface area contributed by atoms with Gasteiger partial charge in [-0.05, 0) is 35.9 Å². The lowest BCUT2D eigenvalue weighted by molar-refractivity contribution is -0.138. The van der Waals surface area contributed by atoms with E-state index < -0.39 is 23.3 Å². The molecule has 148 valence electrons. The van der Waals surface area contributed by atoms with E-state index in [9.17, 15) is 23.2 Å². The summed E-state index contributed by atoms with van der Waals surface area (Å²) >= 11 is 0.995. The van der Waals surface area contributed by atoms with E-state index in [-0.39, 0.29) is 22.2 Å². The molecule has 3 aromatic rings. The molecule has 5 nitrogen and oxygen atoms in total. The highest BCUT2D eigenvalue weighted by Crippen LogP contribution is 2.38. The quantitative estimate of drug-likeness (QED) is 0.413. The molecule has 9 heteroatoms. The molecular formula is C20H13F3N2O3S.